The number of benzene rings is 1. The van der Waals surface area contributed by atoms with E-state index in [-0.39, 0.29) is 12.0 Å². The number of likely N-dealkylation sites (tertiary alicyclic amines) is 1. The highest BCUT2D eigenvalue weighted by atomic mass is 19.2. The maximum absolute atomic E-state index is 14.6. The normalized spacial score (nSPS) is 33.4. The van der Waals surface area contributed by atoms with Crippen molar-refractivity contribution < 1.29 is 8.78 Å². The second-order valence-electron chi connectivity index (χ2n) is 7.89. The molecule has 1 aromatic carbocycles. The van der Waals surface area contributed by atoms with Gasteiger partial charge in [-0.2, -0.15) is 0 Å². The van der Waals surface area contributed by atoms with Crippen LogP contribution in [0.3, 0.4) is 0 Å². The molecular formula is C21H23F2N3. The van der Waals surface area contributed by atoms with Crippen molar-refractivity contribution in [2.24, 2.45) is 5.92 Å². The standard InChI is InChI=1S/C21H23F2N3/c22-18-5-1-4-16(19(18)23)17-13-26(12-14-3-2-8-24-11-14)20-15-6-9-25(10-7-15)21(17)20/h1-5,8,11,15,17,20-21H,6-7,9-10,12-13H2/t17-,20-,21-/m1/s1. The van der Waals surface area contributed by atoms with Gasteiger partial charge < -0.3 is 0 Å². The Bertz CT molecular complexity index is 789. The predicted molar refractivity (Wildman–Crippen MR) is 95.6 cm³/mol. The van der Waals surface area contributed by atoms with E-state index in [9.17, 15) is 8.78 Å². The molecule has 2 bridgehead atoms. The first kappa shape index (κ1) is 16.3. The van der Waals surface area contributed by atoms with Gasteiger partial charge in [0.2, 0.25) is 0 Å². The van der Waals surface area contributed by atoms with E-state index in [1.165, 1.54) is 24.5 Å². The molecule has 2 aromatic rings. The fraction of sp³-hybridized carbons (Fsp3) is 0.476. The molecular weight excluding hydrogens is 332 g/mol. The lowest BCUT2D eigenvalue weighted by atomic mass is 9.75. The van der Waals surface area contributed by atoms with Gasteiger partial charge in [-0.25, -0.2) is 8.78 Å². The van der Waals surface area contributed by atoms with Crippen LogP contribution in [0.5, 0.6) is 0 Å². The lowest BCUT2D eigenvalue weighted by Crippen LogP contribution is -2.60. The summed E-state index contributed by atoms with van der Waals surface area (Å²) in [6.45, 7) is 3.77. The minimum Gasteiger partial charge on any atom is -0.298 e. The highest BCUT2D eigenvalue weighted by Gasteiger charge is 2.53. The molecule has 4 fully saturated rings. The quantitative estimate of drug-likeness (QED) is 0.841. The highest BCUT2D eigenvalue weighted by molar-refractivity contribution is 5.29. The molecule has 0 radical (unpaired) electrons. The number of hydrogen-bond donors (Lipinski definition) is 0. The van der Waals surface area contributed by atoms with Gasteiger partial charge in [-0.3, -0.25) is 14.8 Å². The first-order chi connectivity index (χ1) is 12.7. The largest absolute Gasteiger partial charge is 0.298 e. The van der Waals surface area contributed by atoms with Crippen LogP contribution in [-0.4, -0.2) is 46.5 Å². The first-order valence-electron chi connectivity index (χ1n) is 9.53. The zero-order chi connectivity index (χ0) is 17.7. The molecule has 4 aliphatic heterocycles. The predicted octanol–water partition coefficient (Wildman–Crippen LogP) is 3.42. The molecule has 0 saturated carbocycles. The zero-order valence-electron chi connectivity index (χ0n) is 14.7. The fourth-order valence-electron chi connectivity index (χ4n) is 5.53. The molecule has 5 heterocycles. The van der Waals surface area contributed by atoms with E-state index >= 15 is 0 Å². The molecule has 4 saturated heterocycles. The van der Waals surface area contributed by atoms with Gasteiger partial charge in [-0.1, -0.05) is 18.2 Å². The smallest absolute Gasteiger partial charge is 0.162 e. The van der Waals surface area contributed by atoms with Crippen LogP contribution in [0.4, 0.5) is 8.78 Å². The molecule has 4 aliphatic rings. The molecule has 0 spiro atoms. The van der Waals surface area contributed by atoms with Crippen LogP contribution in [0.25, 0.3) is 0 Å². The van der Waals surface area contributed by atoms with Gasteiger partial charge in [0.05, 0.1) is 0 Å². The third-order valence-corrected chi connectivity index (χ3v) is 6.58. The summed E-state index contributed by atoms with van der Waals surface area (Å²) in [5, 5.41) is 0. The van der Waals surface area contributed by atoms with Crippen LogP contribution >= 0.6 is 0 Å². The van der Waals surface area contributed by atoms with E-state index in [4.69, 9.17) is 0 Å². The van der Waals surface area contributed by atoms with Crippen LogP contribution in [0.1, 0.15) is 29.9 Å². The van der Waals surface area contributed by atoms with Crippen LogP contribution in [0.2, 0.25) is 0 Å². The van der Waals surface area contributed by atoms with Gasteiger partial charge in [0, 0.05) is 43.5 Å². The van der Waals surface area contributed by atoms with E-state index < -0.39 is 11.6 Å². The van der Waals surface area contributed by atoms with Gasteiger partial charge in [0.25, 0.3) is 0 Å². The summed E-state index contributed by atoms with van der Waals surface area (Å²) < 4.78 is 28.5. The van der Waals surface area contributed by atoms with E-state index in [1.54, 1.807) is 18.3 Å². The van der Waals surface area contributed by atoms with Crippen molar-refractivity contribution in [2.45, 2.75) is 37.4 Å². The maximum atomic E-state index is 14.6. The Hall–Kier alpha value is -1.85. The highest BCUT2D eigenvalue weighted by Crippen LogP contribution is 2.47. The van der Waals surface area contributed by atoms with Crippen LogP contribution < -0.4 is 0 Å². The number of aromatic nitrogens is 1. The lowest BCUT2D eigenvalue weighted by molar-refractivity contribution is -0.00890. The molecule has 1 aromatic heterocycles. The second-order valence-corrected chi connectivity index (χ2v) is 7.89. The van der Waals surface area contributed by atoms with Crippen molar-refractivity contribution in [3.05, 3.63) is 65.5 Å². The Labute approximate surface area is 152 Å². The Morgan fingerprint density at radius 1 is 1.04 bits per heavy atom. The number of nitrogens with zero attached hydrogens (tertiary/aromatic N) is 3. The number of pyridine rings is 1. The number of piperidine rings is 3. The maximum Gasteiger partial charge on any atom is 0.162 e. The fourth-order valence-corrected chi connectivity index (χ4v) is 5.53. The van der Waals surface area contributed by atoms with Gasteiger partial charge in [-0.05, 0) is 55.1 Å². The van der Waals surface area contributed by atoms with E-state index in [0.717, 1.165) is 26.2 Å². The number of rotatable bonds is 3. The second kappa shape index (κ2) is 6.39. The Balaban J connectivity index is 1.51. The molecule has 0 aliphatic carbocycles. The molecule has 26 heavy (non-hydrogen) atoms. The van der Waals surface area contributed by atoms with Crippen molar-refractivity contribution in [1.82, 2.24) is 14.8 Å². The van der Waals surface area contributed by atoms with E-state index in [2.05, 4.69) is 20.9 Å². The number of halogens is 2. The number of hydrogen-bond acceptors (Lipinski definition) is 3. The van der Waals surface area contributed by atoms with Crippen molar-refractivity contribution in [1.29, 1.82) is 0 Å². The van der Waals surface area contributed by atoms with Crippen molar-refractivity contribution in [3.8, 4) is 0 Å². The first-order valence-corrected chi connectivity index (χ1v) is 9.53. The van der Waals surface area contributed by atoms with Crippen LogP contribution in [0.15, 0.2) is 42.7 Å². The SMILES string of the molecule is Fc1cccc([C@H]2CN(Cc3cccnc3)[C@@H]3C4CCN(CC4)[C@H]23)c1F. The molecule has 0 N–H and O–H groups in total. The summed E-state index contributed by atoms with van der Waals surface area (Å²) in [6.07, 6.45) is 6.12. The molecule has 6 rings (SSSR count). The average molecular weight is 355 g/mol. The lowest BCUT2D eigenvalue weighted by Gasteiger charge is -2.51. The molecule has 3 atom stereocenters. The third-order valence-electron chi connectivity index (χ3n) is 6.58. The zero-order valence-corrected chi connectivity index (χ0v) is 14.7. The average Bonchev–Trinajstić information content (AvgIpc) is 3.07. The van der Waals surface area contributed by atoms with Gasteiger partial charge in [0.1, 0.15) is 0 Å². The van der Waals surface area contributed by atoms with Gasteiger partial charge in [0.15, 0.2) is 11.6 Å². The summed E-state index contributed by atoms with van der Waals surface area (Å²) in [5.41, 5.74) is 1.73. The van der Waals surface area contributed by atoms with Crippen LogP contribution in [0, 0.1) is 17.6 Å². The van der Waals surface area contributed by atoms with Crippen molar-refractivity contribution in [3.63, 3.8) is 0 Å². The minimum absolute atomic E-state index is 0.0236. The van der Waals surface area contributed by atoms with Crippen LogP contribution in [-0.2, 0) is 6.54 Å². The Morgan fingerprint density at radius 3 is 2.65 bits per heavy atom. The molecule has 3 nitrogen and oxygen atoms in total. The van der Waals surface area contributed by atoms with Crippen molar-refractivity contribution in [2.75, 3.05) is 19.6 Å². The van der Waals surface area contributed by atoms with Crippen molar-refractivity contribution >= 4 is 0 Å². The molecule has 0 unspecified atom stereocenters. The summed E-state index contributed by atoms with van der Waals surface area (Å²) >= 11 is 0. The topological polar surface area (TPSA) is 19.4 Å². The van der Waals surface area contributed by atoms with Gasteiger partial charge >= 0.3 is 0 Å². The van der Waals surface area contributed by atoms with Gasteiger partial charge in [-0.15, -0.1) is 0 Å². The molecule has 0 amide bonds. The Morgan fingerprint density at radius 2 is 1.88 bits per heavy atom. The summed E-state index contributed by atoms with van der Waals surface area (Å²) in [6, 6.07) is 9.40. The molecule has 5 heteroatoms. The summed E-state index contributed by atoms with van der Waals surface area (Å²) in [7, 11) is 0. The summed E-state index contributed by atoms with van der Waals surface area (Å²) in [5.74, 6) is -0.721. The Kier molecular flexibility index (Phi) is 4.02. The third kappa shape index (κ3) is 2.57. The molecule has 136 valence electrons. The minimum atomic E-state index is -0.735. The number of fused-ring (bicyclic) bond motifs is 2. The van der Waals surface area contributed by atoms with E-state index in [1.807, 2.05) is 12.3 Å². The summed E-state index contributed by atoms with van der Waals surface area (Å²) in [4.78, 5) is 9.24. The van der Waals surface area contributed by atoms with E-state index in [0.29, 0.717) is 17.5 Å². The monoisotopic (exact) mass is 355 g/mol.